The summed E-state index contributed by atoms with van der Waals surface area (Å²) in [6, 6.07) is 9.59. The van der Waals surface area contributed by atoms with Gasteiger partial charge in [0.1, 0.15) is 0 Å². The molecular formula is C19H22ClN3O. The molecule has 1 saturated heterocycles. The number of aromatic nitrogens is 1. The van der Waals surface area contributed by atoms with Crippen molar-refractivity contribution in [3.05, 3.63) is 58.9 Å². The monoisotopic (exact) mass is 343 g/mol. The van der Waals surface area contributed by atoms with Crippen LogP contribution in [0.3, 0.4) is 0 Å². The molecule has 0 aliphatic carbocycles. The maximum atomic E-state index is 12.7. The van der Waals surface area contributed by atoms with Crippen LogP contribution in [0.5, 0.6) is 0 Å². The number of nitrogens with zero attached hydrogens (tertiary/aromatic N) is 2. The number of hydrogen-bond acceptors (Lipinski definition) is 3. The molecule has 1 aliphatic heterocycles. The fourth-order valence-corrected chi connectivity index (χ4v) is 3.15. The Morgan fingerprint density at radius 1 is 1.12 bits per heavy atom. The van der Waals surface area contributed by atoms with E-state index in [1.807, 2.05) is 35.2 Å². The Balaban J connectivity index is 1.67. The van der Waals surface area contributed by atoms with Crippen LogP contribution in [-0.2, 0) is 6.54 Å². The molecule has 3 rings (SSSR count). The molecule has 1 amide bonds. The SMILES string of the molecule is O=C(c1cncc(NCc2ccccc2Cl)c1)N1CCCCCC1. The predicted molar refractivity (Wildman–Crippen MR) is 97.4 cm³/mol. The fraction of sp³-hybridized carbons (Fsp3) is 0.368. The Bertz CT molecular complexity index is 697. The van der Waals surface area contributed by atoms with Gasteiger partial charge in [-0.25, -0.2) is 0 Å². The first-order valence-corrected chi connectivity index (χ1v) is 8.83. The van der Waals surface area contributed by atoms with Gasteiger partial charge in [0.25, 0.3) is 5.91 Å². The van der Waals surface area contributed by atoms with E-state index in [1.54, 1.807) is 12.4 Å². The van der Waals surface area contributed by atoms with Crippen LogP contribution < -0.4 is 5.32 Å². The Morgan fingerprint density at radius 2 is 1.88 bits per heavy atom. The molecule has 1 N–H and O–H groups in total. The number of carbonyl (C=O) groups is 1. The number of amides is 1. The van der Waals surface area contributed by atoms with E-state index < -0.39 is 0 Å². The summed E-state index contributed by atoms with van der Waals surface area (Å²) in [6.07, 6.45) is 7.97. The first kappa shape index (κ1) is 16.8. The predicted octanol–water partition coefficient (Wildman–Crippen LogP) is 4.36. The highest BCUT2D eigenvalue weighted by molar-refractivity contribution is 6.31. The lowest BCUT2D eigenvalue weighted by atomic mass is 10.2. The van der Waals surface area contributed by atoms with Crippen molar-refractivity contribution in [3.63, 3.8) is 0 Å². The zero-order valence-corrected chi connectivity index (χ0v) is 14.4. The molecule has 5 heteroatoms. The minimum atomic E-state index is 0.0748. The topological polar surface area (TPSA) is 45.2 Å². The van der Waals surface area contributed by atoms with Crippen LogP contribution in [0.25, 0.3) is 0 Å². The van der Waals surface area contributed by atoms with Crippen LogP contribution >= 0.6 is 11.6 Å². The summed E-state index contributed by atoms with van der Waals surface area (Å²) in [7, 11) is 0. The molecule has 0 bridgehead atoms. The minimum absolute atomic E-state index is 0.0748. The fourth-order valence-electron chi connectivity index (χ4n) is 2.95. The molecule has 126 valence electrons. The molecule has 2 aromatic rings. The second-order valence-corrected chi connectivity index (χ2v) is 6.52. The van der Waals surface area contributed by atoms with Gasteiger partial charge in [0.15, 0.2) is 0 Å². The number of anilines is 1. The maximum Gasteiger partial charge on any atom is 0.255 e. The first-order valence-electron chi connectivity index (χ1n) is 8.45. The highest BCUT2D eigenvalue weighted by atomic mass is 35.5. The number of rotatable bonds is 4. The van der Waals surface area contributed by atoms with Gasteiger partial charge < -0.3 is 10.2 Å². The lowest BCUT2D eigenvalue weighted by Crippen LogP contribution is -2.31. The third-order valence-corrected chi connectivity index (χ3v) is 4.69. The number of likely N-dealkylation sites (tertiary alicyclic amines) is 1. The number of hydrogen-bond donors (Lipinski definition) is 1. The van der Waals surface area contributed by atoms with E-state index in [1.165, 1.54) is 12.8 Å². The Morgan fingerprint density at radius 3 is 2.62 bits per heavy atom. The van der Waals surface area contributed by atoms with Crippen LogP contribution in [0.2, 0.25) is 5.02 Å². The van der Waals surface area contributed by atoms with Gasteiger partial charge in [0, 0.05) is 37.1 Å². The average Bonchev–Trinajstić information content (AvgIpc) is 2.90. The molecule has 2 heterocycles. The Hall–Kier alpha value is -2.07. The van der Waals surface area contributed by atoms with Crippen LogP contribution in [0.4, 0.5) is 5.69 Å². The van der Waals surface area contributed by atoms with E-state index in [4.69, 9.17) is 11.6 Å². The Labute approximate surface area is 147 Å². The molecule has 0 radical (unpaired) electrons. The molecular weight excluding hydrogens is 322 g/mol. The van der Waals surface area contributed by atoms with E-state index in [9.17, 15) is 4.79 Å². The molecule has 1 aromatic heterocycles. The number of carbonyl (C=O) groups excluding carboxylic acids is 1. The van der Waals surface area contributed by atoms with Crippen molar-refractivity contribution in [3.8, 4) is 0 Å². The maximum absolute atomic E-state index is 12.7. The molecule has 0 spiro atoms. The summed E-state index contributed by atoms with van der Waals surface area (Å²) in [6.45, 7) is 2.29. The van der Waals surface area contributed by atoms with Crippen molar-refractivity contribution in [1.29, 1.82) is 0 Å². The number of nitrogens with one attached hydrogen (secondary N) is 1. The molecule has 1 aromatic carbocycles. The van der Waals surface area contributed by atoms with Gasteiger partial charge in [-0.3, -0.25) is 9.78 Å². The molecule has 24 heavy (non-hydrogen) atoms. The summed E-state index contributed by atoms with van der Waals surface area (Å²) in [5, 5.41) is 4.03. The van der Waals surface area contributed by atoms with Crippen molar-refractivity contribution in [1.82, 2.24) is 9.88 Å². The molecule has 1 aliphatic rings. The van der Waals surface area contributed by atoms with Gasteiger partial charge in [0.2, 0.25) is 0 Å². The summed E-state index contributed by atoms with van der Waals surface area (Å²) in [5.74, 6) is 0.0748. The molecule has 0 unspecified atom stereocenters. The van der Waals surface area contributed by atoms with Crippen LogP contribution in [0.15, 0.2) is 42.7 Å². The minimum Gasteiger partial charge on any atom is -0.380 e. The van der Waals surface area contributed by atoms with Gasteiger partial charge in [-0.05, 0) is 30.5 Å². The third kappa shape index (κ3) is 4.26. The lowest BCUT2D eigenvalue weighted by molar-refractivity contribution is 0.0761. The second kappa shape index (κ2) is 8.15. The molecule has 1 fully saturated rings. The smallest absolute Gasteiger partial charge is 0.255 e. The van der Waals surface area contributed by atoms with E-state index in [0.29, 0.717) is 12.1 Å². The van der Waals surface area contributed by atoms with Gasteiger partial charge in [-0.1, -0.05) is 42.6 Å². The normalized spacial score (nSPS) is 15.0. The van der Waals surface area contributed by atoms with Crippen molar-refractivity contribution in [2.45, 2.75) is 32.2 Å². The highest BCUT2D eigenvalue weighted by Gasteiger charge is 2.17. The van der Waals surface area contributed by atoms with E-state index in [0.717, 1.165) is 42.2 Å². The van der Waals surface area contributed by atoms with Crippen LogP contribution in [-0.4, -0.2) is 28.9 Å². The molecule has 0 saturated carbocycles. The van der Waals surface area contributed by atoms with Crippen molar-refractivity contribution < 1.29 is 4.79 Å². The number of halogens is 1. The van der Waals surface area contributed by atoms with Gasteiger partial charge in [0.05, 0.1) is 11.3 Å². The standard InChI is InChI=1S/C19H22ClN3O/c20-18-8-4-3-7-15(18)13-22-17-11-16(12-21-14-17)19(24)23-9-5-1-2-6-10-23/h3-4,7-8,11-12,14,22H,1-2,5-6,9-10,13H2. The van der Waals surface area contributed by atoms with Crippen molar-refractivity contribution >= 4 is 23.2 Å². The van der Waals surface area contributed by atoms with E-state index >= 15 is 0 Å². The van der Waals surface area contributed by atoms with Gasteiger partial charge in [-0.2, -0.15) is 0 Å². The zero-order valence-electron chi connectivity index (χ0n) is 13.7. The van der Waals surface area contributed by atoms with Gasteiger partial charge >= 0.3 is 0 Å². The van der Waals surface area contributed by atoms with Crippen LogP contribution in [0.1, 0.15) is 41.6 Å². The van der Waals surface area contributed by atoms with E-state index in [-0.39, 0.29) is 5.91 Å². The summed E-state index contributed by atoms with van der Waals surface area (Å²) in [5.41, 5.74) is 2.49. The zero-order chi connectivity index (χ0) is 16.8. The first-order chi connectivity index (χ1) is 11.7. The molecule has 4 nitrogen and oxygen atoms in total. The average molecular weight is 344 g/mol. The van der Waals surface area contributed by atoms with E-state index in [2.05, 4.69) is 10.3 Å². The second-order valence-electron chi connectivity index (χ2n) is 6.11. The summed E-state index contributed by atoms with van der Waals surface area (Å²) in [4.78, 5) is 18.8. The summed E-state index contributed by atoms with van der Waals surface area (Å²) >= 11 is 6.17. The number of pyridine rings is 1. The van der Waals surface area contributed by atoms with Crippen LogP contribution in [0, 0.1) is 0 Å². The Kier molecular flexibility index (Phi) is 5.70. The lowest BCUT2D eigenvalue weighted by Gasteiger charge is -2.20. The molecule has 0 atom stereocenters. The largest absolute Gasteiger partial charge is 0.380 e. The number of benzene rings is 1. The van der Waals surface area contributed by atoms with Crippen molar-refractivity contribution in [2.24, 2.45) is 0 Å². The quantitative estimate of drug-likeness (QED) is 0.896. The highest BCUT2D eigenvalue weighted by Crippen LogP contribution is 2.18. The van der Waals surface area contributed by atoms with Gasteiger partial charge in [-0.15, -0.1) is 0 Å². The third-order valence-electron chi connectivity index (χ3n) is 4.32. The van der Waals surface area contributed by atoms with Crippen molar-refractivity contribution in [2.75, 3.05) is 18.4 Å². The summed E-state index contributed by atoms with van der Waals surface area (Å²) < 4.78 is 0.